The maximum Gasteiger partial charge on any atom is 0.315 e. The maximum atomic E-state index is 11.7. The first-order valence-electron chi connectivity index (χ1n) is 6.95. The van der Waals surface area contributed by atoms with Crippen LogP contribution in [0.2, 0.25) is 0 Å². The summed E-state index contributed by atoms with van der Waals surface area (Å²) in [6, 6.07) is -0.907. The van der Waals surface area contributed by atoms with Crippen LogP contribution in [-0.4, -0.2) is 56.1 Å². The molecule has 0 aromatic rings. The Hall–Kier alpha value is -1.34. The SMILES string of the molecule is CC1(C(=O)O)COCC1NC(=O)NCCOCC1CC1. The molecule has 2 rings (SSSR count). The summed E-state index contributed by atoms with van der Waals surface area (Å²) < 4.78 is 10.6. The van der Waals surface area contributed by atoms with Crippen molar-refractivity contribution in [3.8, 4) is 0 Å². The third kappa shape index (κ3) is 3.83. The summed E-state index contributed by atoms with van der Waals surface area (Å²) >= 11 is 0. The zero-order chi connectivity index (χ0) is 14.6. The van der Waals surface area contributed by atoms with Crippen LogP contribution in [0.5, 0.6) is 0 Å². The van der Waals surface area contributed by atoms with E-state index in [1.54, 1.807) is 6.92 Å². The van der Waals surface area contributed by atoms with Crippen LogP contribution in [0.4, 0.5) is 4.79 Å². The summed E-state index contributed by atoms with van der Waals surface area (Å²) in [5.74, 6) is -0.260. The van der Waals surface area contributed by atoms with E-state index >= 15 is 0 Å². The first kappa shape index (κ1) is 15.1. The molecule has 0 bridgehead atoms. The second-order valence-corrected chi connectivity index (χ2v) is 5.71. The lowest BCUT2D eigenvalue weighted by Gasteiger charge is -2.25. The Balaban J connectivity index is 1.64. The number of hydrogen-bond donors (Lipinski definition) is 3. The van der Waals surface area contributed by atoms with Gasteiger partial charge in [0.1, 0.15) is 5.41 Å². The molecule has 7 heteroatoms. The molecule has 2 amide bonds. The fourth-order valence-corrected chi connectivity index (χ4v) is 2.07. The smallest absolute Gasteiger partial charge is 0.315 e. The zero-order valence-electron chi connectivity index (χ0n) is 11.7. The lowest BCUT2D eigenvalue weighted by Crippen LogP contribution is -2.52. The highest BCUT2D eigenvalue weighted by molar-refractivity contribution is 5.79. The number of urea groups is 1. The van der Waals surface area contributed by atoms with E-state index in [1.165, 1.54) is 12.8 Å². The monoisotopic (exact) mass is 286 g/mol. The van der Waals surface area contributed by atoms with E-state index in [4.69, 9.17) is 9.47 Å². The summed E-state index contributed by atoms with van der Waals surface area (Å²) in [6.07, 6.45) is 2.48. The molecular weight excluding hydrogens is 264 g/mol. The molecule has 1 aliphatic carbocycles. The number of carboxylic acids is 1. The predicted molar refractivity (Wildman–Crippen MR) is 70.4 cm³/mol. The van der Waals surface area contributed by atoms with Crippen LogP contribution >= 0.6 is 0 Å². The molecule has 0 spiro atoms. The van der Waals surface area contributed by atoms with Crippen molar-refractivity contribution in [2.45, 2.75) is 25.8 Å². The van der Waals surface area contributed by atoms with Gasteiger partial charge in [-0.2, -0.15) is 0 Å². The summed E-state index contributed by atoms with van der Waals surface area (Å²) in [6.45, 7) is 3.55. The number of aliphatic carboxylic acids is 1. The number of carbonyl (C=O) groups is 2. The van der Waals surface area contributed by atoms with E-state index in [-0.39, 0.29) is 19.2 Å². The average molecular weight is 286 g/mol. The second-order valence-electron chi connectivity index (χ2n) is 5.71. The molecule has 3 N–H and O–H groups in total. The van der Waals surface area contributed by atoms with Gasteiger partial charge >= 0.3 is 12.0 Å². The quantitative estimate of drug-likeness (QED) is 0.581. The van der Waals surface area contributed by atoms with Gasteiger partial charge in [-0.15, -0.1) is 0 Å². The van der Waals surface area contributed by atoms with E-state index in [0.717, 1.165) is 6.61 Å². The molecule has 0 radical (unpaired) electrons. The van der Waals surface area contributed by atoms with Crippen LogP contribution in [0.15, 0.2) is 0 Å². The van der Waals surface area contributed by atoms with Gasteiger partial charge in [0.25, 0.3) is 0 Å². The first-order chi connectivity index (χ1) is 9.52. The number of carbonyl (C=O) groups excluding carboxylic acids is 1. The molecule has 114 valence electrons. The molecule has 1 aliphatic heterocycles. The highest BCUT2D eigenvalue weighted by atomic mass is 16.5. The molecule has 2 aliphatic rings. The van der Waals surface area contributed by atoms with Crippen molar-refractivity contribution in [2.24, 2.45) is 11.3 Å². The van der Waals surface area contributed by atoms with Crippen LogP contribution in [-0.2, 0) is 14.3 Å². The maximum absolute atomic E-state index is 11.7. The Morgan fingerprint density at radius 3 is 2.85 bits per heavy atom. The minimum Gasteiger partial charge on any atom is -0.481 e. The van der Waals surface area contributed by atoms with Gasteiger partial charge in [0.15, 0.2) is 0 Å². The fourth-order valence-electron chi connectivity index (χ4n) is 2.07. The second kappa shape index (κ2) is 6.41. The Bertz CT molecular complexity index is 372. The van der Waals surface area contributed by atoms with Gasteiger partial charge in [-0.1, -0.05) is 0 Å². The van der Waals surface area contributed by atoms with Crippen molar-refractivity contribution in [3.05, 3.63) is 0 Å². The van der Waals surface area contributed by atoms with Crippen molar-refractivity contribution in [1.29, 1.82) is 0 Å². The van der Waals surface area contributed by atoms with Crippen molar-refractivity contribution in [1.82, 2.24) is 10.6 Å². The molecule has 0 aromatic carbocycles. The van der Waals surface area contributed by atoms with Crippen LogP contribution in [0, 0.1) is 11.3 Å². The molecule has 0 aromatic heterocycles. The van der Waals surface area contributed by atoms with Gasteiger partial charge in [0, 0.05) is 13.2 Å². The van der Waals surface area contributed by atoms with E-state index in [9.17, 15) is 14.7 Å². The third-order valence-corrected chi connectivity index (χ3v) is 3.83. The molecule has 2 atom stereocenters. The van der Waals surface area contributed by atoms with Crippen LogP contribution in [0.25, 0.3) is 0 Å². The molecule has 1 saturated heterocycles. The number of rotatable bonds is 7. The largest absolute Gasteiger partial charge is 0.481 e. The number of ether oxygens (including phenoxy) is 2. The number of nitrogens with one attached hydrogen (secondary N) is 2. The van der Waals surface area contributed by atoms with Crippen molar-refractivity contribution in [3.63, 3.8) is 0 Å². The van der Waals surface area contributed by atoms with Crippen molar-refractivity contribution < 1.29 is 24.2 Å². The van der Waals surface area contributed by atoms with Crippen molar-refractivity contribution in [2.75, 3.05) is 33.0 Å². The normalized spacial score (nSPS) is 29.1. The summed E-state index contributed by atoms with van der Waals surface area (Å²) in [5, 5.41) is 14.5. The predicted octanol–water partition coefficient (Wildman–Crippen LogP) is 0.202. The van der Waals surface area contributed by atoms with E-state index in [0.29, 0.717) is 19.1 Å². The van der Waals surface area contributed by atoms with Gasteiger partial charge < -0.3 is 25.2 Å². The average Bonchev–Trinajstić information content (AvgIpc) is 3.14. The topological polar surface area (TPSA) is 96.9 Å². The van der Waals surface area contributed by atoms with Gasteiger partial charge in [-0.25, -0.2) is 4.79 Å². The van der Waals surface area contributed by atoms with Crippen LogP contribution in [0.1, 0.15) is 19.8 Å². The molecule has 20 heavy (non-hydrogen) atoms. The van der Waals surface area contributed by atoms with Gasteiger partial charge in [-0.05, 0) is 25.7 Å². The highest BCUT2D eigenvalue weighted by Crippen LogP contribution is 2.29. The summed E-state index contributed by atoms with van der Waals surface area (Å²) in [4.78, 5) is 22.9. The molecule has 2 fully saturated rings. The van der Waals surface area contributed by atoms with E-state index in [1.807, 2.05) is 0 Å². The van der Waals surface area contributed by atoms with Crippen LogP contribution < -0.4 is 10.6 Å². The van der Waals surface area contributed by atoms with Gasteiger partial charge in [-0.3, -0.25) is 4.79 Å². The Morgan fingerprint density at radius 2 is 2.20 bits per heavy atom. The summed E-state index contributed by atoms with van der Waals surface area (Å²) in [5.41, 5.74) is -1.07. The summed E-state index contributed by atoms with van der Waals surface area (Å²) in [7, 11) is 0. The molecule has 1 heterocycles. The molecule has 7 nitrogen and oxygen atoms in total. The molecule has 1 saturated carbocycles. The molecule has 2 unspecified atom stereocenters. The number of hydrogen-bond acceptors (Lipinski definition) is 4. The lowest BCUT2D eigenvalue weighted by atomic mass is 9.85. The number of amides is 2. The van der Waals surface area contributed by atoms with Crippen LogP contribution in [0.3, 0.4) is 0 Å². The standard InChI is InChI=1S/C13H22N2O5/c1-13(11(16)17)8-20-7-10(13)15-12(18)14-4-5-19-6-9-2-3-9/h9-10H,2-8H2,1H3,(H,16,17)(H2,14,15,18). The fraction of sp³-hybridized carbons (Fsp3) is 0.846. The zero-order valence-corrected chi connectivity index (χ0v) is 11.7. The van der Waals surface area contributed by atoms with E-state index in [2.05, 4.69) is 10.6 Å². The highest BCUT2D eigenvalue weighted by Gasteiger charge is 2.47. The number of carboxylic acid groups (broad SMARTS) is 1. The van der Waals surface area contributed by atoms with E-state index < -0.39 is 17.4 Å². The third-order valence-electron chi connectivity index (χ3n) is 3.83. The van der Waals surface area contributed by atoms with Gasteiger partial charge in [0.2, 0.25) is 0 Å². The molecular formula is C13H22N2O5. The Kier molecular flexibility index (Phi) is 4.82. The van der Waals surface area contributed by atoms with Gasteiger partial charge in [0.05, 0.1) is 25.9 Å². The van der Waals surface area contributed by atoms with Crippen molar-refractivity contribution >= 4 is 12.0 Å². The first-order valence-corrected chi connectivity index (χ1v) is 6.95. The Morgan fingerprint density at radius 1 is 1.45 bits per heavy atom. The minimum atomic E-state index is -1.07. The lowest BCUT2D eigenvalue weighted by molar-refractivity contribution is -0.148. The minimum absolute atomic E-state index is 0.109. The Labute approximate surface area is 118 Å².